The van der Waals surface area contributed by atoms with Crippen LogP contribution in [0.4, 0.5) is 5.00 Å². The van der Waals surface area contributed by atoms with E-state index in [1.165, 1.54) is 13.2 Å². The van der Waals surface area contributed by atoms with E-state index in [0.29, 0.717) is 16.9 Å². The van der Waals surface area contributed by atoms with Crippen molar-refractivity contribution in [3.8, 4) is 11.8 Å². The van der Waals surface area contributed by atoms with Crippen molar-refractivity contribution in [2.75, 3.05) is 25.6 Å². The fourth-order valence-electron chi connectivity index (χ4n) is 2.63. The number of carbonyl (C=O) groups is 3. The number of anilines is 1. The van der Waals surface area contributed by atoms with Crippen molar-refractivity contribution in [3.05, 3.63) is 51.4 Å². The number of rotatable bonds is 8. The minimum Gasteiger partial charge on any atom is -0.497 e. The number of nitrogens with zero attached hydrogens (tertiary/aromatic N) is 1. The van der Waals surface area contributed by atoms with E-state index in [2.05, 4.69) is 5.32 Å². The second-order valence-corrected chi connectivity index (χ2v) is 7.12. The van der Waals surface area contributed by atoms with Crippen LogP contribution in [0.25, 0.3) is 6.08 Å². The maximum Gasteiger partial charge on any atom is 0.348 e. The van der Waals surface area contributed by atoms with Gasteiger partial charge in [-0.1, -0.05) is 12.1 Å². The van der Waals surface area contributed by atoms with Gasteiger partial charge in [0.15, 0.2) is 0 Å². The molecule has 9 heteroatoms. The molecule has 162 valence electrons. The van der Waals surface area contributed by atoms with E-state index >= 15 is 0 Å². The van der Waals surface area contributed by atoms with Crippen LogP contribution in [0.2, 0.25) is 0 Å². The summed E-state index contributed by atoms with van der Waals surface area (Å²) in [5.74, 6) is -1.37. The molecule has 0 radical (unpaired) electrons. The summed E-state index contributed by atoms with van der Waals surface area (Å²) >= 11 is 0.895. The molecule has 0 unspecified atom stereocenters. The molecule has 2 rings (SSSR count). The fraction of sp³-hybridized carbons (Fsp3) is 0.273. The Labute approximate surface area is 184 Å². The lowest BCUT2D eigenvalue weighted by atomic mass is 10.1. The van der Waals surface area contributed by atoms with Crippen LogP contribution in [-0.2, 0) is 14.3 Å². The number of esters is 2. The number of amides is 1. The van der Waals surface area contributed by atoms with Gasteiger partial charge in [-0.25, -0.2) is 9.59 Å². The molecule has 31 heavy (non-hydrogen) atoms. The Balaban J connectivity index is 2.39. The maximum absolute atomic E-state index is 12.7. The molecule has 8 nitrogen and oxygen atoms in total. The third kappa shape index (κ3) is 5.71. The second kappa shape index (κ2) is 10.9. The summed E-state index contributed by atoms with van der Waals surface area (Å²) < 4.78 is 15.2. The molecule has 0 spiro atoms. The van der Waals surface area contributed by atoms with Crippen molar-refractivity contribution in [2.24, 2.45) is 0 Å². The molecule has 1 aromatic carbocycles. The summed E-state index contributed by atoms with van der Waals surface area (Å²) in [6.07, 6.45) is 1.41. The highest BCUT2D eigenvalue weighted by Crippen LogP contribution is 2.34. The first-order chi connectivity index (χ1) is 14.9. The lowest BCUT2D eigenvalue weighted by Crippen LogP contribution is -2.16. The normalized spacial score (nSPS) is 10.7. The van der Waals surface area contributed by atoms with Crippen molar-refractivity contribution in [1.82, 2.24) is 0 Å². The summed E-state index contributed by atoms with van der Waals surface area (Å²) in [6.45, 7) is 5.17. The van der Waals surface area contributed by atoms with Gasteiger partial charge in [0.1, 0.15) is 27.3 Å². The molecule has 2 aromatic rings. The Hall–Kier alpha value is -3.64. The molecule has 0 aliphatic rings. The van der Waals surface area contributed by atoms with E-state index in [9.17, 15) is 19.6 Å². The van der Waals surface area contributed by atoms with Crippen LogP contribution in [-0.4, -0.2) is 38.2 Å². The zero-order chi connectivity index (χ0) is 23.0. The van der Waals surface area contributed by atoms with Gasteiger partial charge in [-0.3, -0.25) is 4.79 Å². The fourth-order valence-corrected chi connectivity index (χ4v) is 3.71. The predicted molar refractivity (Wildman–Crippen MR) is 116 cm³/mol. The molecular weight excluding hydrogens is 420 g/mol. The molecule has 0 bridgehead atoms. The number of benzene rings is 1. The number of hydrogen-bond acceptors (Lipinski definition) is 8. The Bertz CT molecular complexity index is 1050. The van der Waals surface area contributed by atoms with Gasteiger partial charge in [0.25, 0.3) is 5.91 Å². The lowest BCUT2D eigenvalue weighted by molar-refractivity contribution is -0.112. The van der Waals surface area contributed by atoms with Gasteiger partial charge < -0.3 is 19.5 Å². The van der Waals surface area contributed by atoms with Crippen LogP contribution < -0.4 is 10.1 Å². The van der Waals surface area contributed by atoms with Crippen LogP contribution in [0.15, 0.2) is 29.8 Å². The van der Waals surface area contributed by atoms with Gasteiger partial charge >= 0.3 is 11.9 Å². The Morgan fingerprint density at radius 1 is 1.10 bits per heavy atom. The monoisotopic (exact) mass is 442 g/mol. The molecule has 0 saturated carbocycles. The first-order valence-electron chi connectivity index (χ1n) is 9.41. The van der Waals surface area contributed by atoms with Gasteiger partial charge in [0, 0.05) is 0 Å². The molecular formula is C22H22N2O6S. The molecule has 0 saturated heterocycles. The highest BCUT2D eigenvalue weighted by Gasteiger charge is 2.27. The van der Waals surface area contributed by atoms with E-state index in [1.54, 1.807) is 45.0 Å². The molecule has 1 heterocycles. The highest BCUT2D eigenvalue weighted by molar-refractivity contribution is 7.18. The molecule has 1 amide bonds. The average Bonchev–Trinajstić information content (AvgIpc) is 3.08. The number of ether oxygens (including phenoxy) is 3. The van der Waals surface area contributed by atoms with Gasteiger partial charge in [-0.2, -0.15) is 5.26 Å². The van der Waals surface area contributed by atoms with Crippen molar-refractivity contribution < 1.29 is 28.6 Å². The van der Waals surface area contributed by atoms with Crippen LogP contribution in [0.3, 0.4) is 0 Å². The zero-order valence-electron chi connectivity index (χ0n) is 17.6. The maximum atomic E-state index is 12.7. The third-order valence-corrected chi connectivity index (χ3v) is 5.29. The number of hydrogen-bond donors (Lipinski definition) is 1. The quantitative estimate of drug-likeness (QED) is 0.374. The summed E-state index contributed by atoms with van der Waals surface area (Å²) in [5, 5.41) is 12.1. The number of thiophene rings is 1. The molecule has 1 aromatic heterocycles. The van der Waals surface area contributed by atoms with Gasteiger partial charge in [0.05, 0.1) is 25.9 Å². The molecule has 0 aliphatic heterocycles. The van der Waals surface area contributed by atoms with Crippen LogP contribution in [0, 0.1) is 18.3 Å². The zero-order valence-corrected chi connectivity index (χ0v) is 18.4. The van der Waals surface area contributed by atoms with Crippen molar-refractivity contribution in [1.29, 1.82) is 5.26 Å². The summed E-state index contributed by atoms with van der Waals surface area (Å²) in [5.41, 5.74) is 0.844. The SMILES string of the molecule is CCOC(=O)c1sc(NC(=O)/C(C#N)=C/c2ccc(OC)cc2)c(C(=O)OCC)c1C. The topological polar surface area (TPSA) is 115 Å². The van der Waals surface area contributed by atoms with Crippen molar-refractivity contribution in [3.63, 3.8) is 0 Å². The van der Waals surface area contributed by atoms with E-state index in [4.69, 9.17) is 14.2 Å². The van der Waals surface area contributed by atoms with Gasteiger partial charge in [-0.15, -0.1) is 11.3 Å². The number of nitriles is 1. The lowest BCUT2D eigenvalue weighted by Gasteiger charge is -2.07. The number of nitrogens with one attached hydrogen (secondary N) is 1. The minimum atomic E-state index is -0.722. The standard InChI is InChI=1S/C22H22N2O6S/c1-5-29-21(26)17-13(3)18(22(27)30-6-2)31-20(17)24-19(25)15(12-23)11-14-7-9-16(28-4)10-8-14/h7-11H,5-6H2,1-4H3,(H,24,25)/b15-11+. The summed E-state index contributed by atoms with van der Waals surface area (Å²) in [6, 6.07) is 8.64. The van der Waals surface area contributed by atoms with Crippen molar-refractivity contribution in [2.45, 2.75) is 20.8 Å². The van der Waals surface area contributed by atoms with E-state index in [1.807, 2.05) is 6.07 Å². The molecule has 0 fully saturated rings. The van der Waals surface area contributed by atoms with Gasteiger partial charge in [-0.05, 0) is 50.1 Å². The average molecular weight is 442 g/mol. The molecule has 0 atom stereocenters. The highest BCUT2D eigenvalue weighted by atomic mass is 32.1. The Morgan fingerprint density at radius 2 is 1.71 bits per heavy atom. The van der Waals surface area contributed by atoms with Crippen LogP contribution >= 0.6 is 11.3 Å². The Morgan fingerprint density at radius 3 is 2.26 bits per heavy atom. The van der Waals surface area contributed by atoms with Crippen LogP contribution in [0.1, 0.15) is 45.0 Å². The third-order valence-electron chi connectivity index (χ3n) is 4.11. The number of methoxy groups -OCH3 is 1. The molecule has 0 aliphatic carbocycles. The first kappa shape index (κ1) is 23.6. The number of carbonyl (C=O) groups excluding carboxylic acids is 3. The van der Waals surface area contributed by atoms with Gasteiger partial charge in [0.2, 0.25) is 0 Å². The van der Waals surface area contributed by atoms with E-state index < -0.39 is 17.8 Å². The second-order valence-electron chi connectivity index (χ2n) is 6.10. The Kier molecular flexibility index (Phi) is 8.34. The smallest absolute Gasteiger partial charge is 0.348 e. The van der Waals surface area contributed by atoms with E-state index in [-0.39, 0.29) is 34.2 Å². The minimum absolute atomic E-state index is 0.0602. The van der Waals surface area contributed by atoms with Crippen LogP contribution in [0.5, 0.6) is 5.75 Å². The summed E-state index contributed by atoms with van der Waals surface area (Å²) in [7, 11) is 1.54. The first-order valence-corrected chi connectivity index (χ1v) is 10.2. The van der Waals surface area contributed by atoms with Crippen molar-refractivity contribution >= 4 is 40.3 Å². The predicted octanol–water partition coefficient (Wildman–Crippen LogP) is 3.96. The largest absolute Gasteiger partial charge is 0.497 e. The summed E-state index contributed by atoms with van der Waals surface area (Å²) in [4.78, 5) is 37.6. The van der Waals surface area contributed by atoms with E-state index in [0.717, 1.165) is 11.3 Å². The molecule has 1 N–H and O–H groups in total.